The van der Waals surface area contributed by atoms with Crippen molar-refractivity contribution in [3.05, 3.63) is 54.2 Å². The Hall–Kier alpha value is -3.17. The van der Waals surface area contributed by atoms with Crippen LogP contribution in [0.1, 0.15) is 30.6 Å². The first-order chi connectivity index (χ1) is 17.7. The highest BCUT2D eigenvalue weighted by Gasteiger charge is 2.44. The number of hydrogen-bond acceptors (Lipinski definition) is 7. The Bertz CT molecular complexity index is 978. The molecule has 15 heteroatoms. The van der Waals surface area contributed by atoms with Crippen LogP contribution >= 0.6 is 0 Å². The average Bonchev–Trinajstić information content (AvgIpc) is 3.48. The van der Waals surface area contributed by atoms with Crippen molar-refractivity contribution in [3.8, 4) is 0 Å². The summed E-state index contributed by atoms with van der Waals surface area (Å²) >= 11 is 0. The maximum absolute atomic E-state index is 10.6. The number of carbonyl (C=O) groups is 2. The number of aromatic nitrogens is 1. The molecule has 2 atom stereocenters. The summed E-state index contributed by atoms with van der Waals surface area (Å²) in [6.07, 6.45) is -1.37. The van der Waals surface area contributed by atoms with Crippen LogP contribution < -0.4 is 0 Å². The fourth-order valence-electron chi connectivity index (χ4n) is 3.84. The van der Waals surface area contributed by atoms with Crippen molar-refractivity contribution in [2.24, 2.45) is 0 Å². The number of hydrogen-bond donors (Lipinski definition) is 2. The Labute approximate surface area is 213 Å². The van der Waals surface area contributed by atoms with E-state index in [1.807, 2.05) is 24.3 Å². The van der Waals surface area contributed by atoms with Gasteiger partial charge in [-0.05, 0) is 49.2 Å². The molecule has 2 aromatic rings. The highest BCUT2D eigenvalue weighted by molar-refractivity contribution is 5.73. The lowest BCUT2D eigenvalue weighted by molar-refractivity contribution is -0.193. The molecule has 2 aromatic heterocycles. The Morgan fingerprint density at radius 2 is 1.68 bits per heavy atom. The zero-order valence-corrected chi connectivity index (χ0v) is 19.9. The third kappa shape index (κ3) is 10.7. The van der Waals surface area contributed by atoms with Crippen molar-refractivity contribution in [2.75, 3.05) is 19.7 Å². The van der Waals surface area contributed by atoms with Gasteiger partial charge in [-0.25, -0.2) is 9.59 Å². The smallest absolute Gasteiger partial charge is 0.475 e. The summed E-state index contributed by atoms with van der Waals surface area (Å²) in [5.41, 5.74) is 1.11. The largest absolute Gasteiger partial charge is 0.490 e. The number of piperidine rings is 1. The number of halogens is 6. The van der Waals surface area contributed by atoms with Crippen LogP contribution in [0.15, 0.2) is 47.3 Å². The summed E-state index contributed by atoms with van der Waals surface area (Å²) in [6, 6.07) is 7.98. The van der Waals surface area contributed by atoms with Crippen LogP contribution in [0.25, 0.3) is 0 Å². The molecule has 0 saturated carbocycles. The SMILES string of the molecule is O=C(O)C(F)(F)F.O=C(O)C(F)(F)F.c1coc(CN2CCC[C@]3(C[C@H](OCc4ccncc4)CO3)C2)c1. The predicted molar refractivity (Wildman–Crippen MR) is 117 cm³/mol. The summed E-state index contributed by atoms with van der Waals surface area (Å²) in [5, 5.41) is 14.2. The van der Waals surface area contributed by atoms with Crippen molar-refractivity contribution in [3.63, 3.8) is 0 Å². The zero-order valence-electron chi connectivity index (χ0n) is 19.9. The highest BCUT2D eigenvalue weighted by Crippen LogP contribution is 2.36. The normalized spacial score (nSPS) is 21.7. The minimum Gasteiger partial charge on any atom is -0.475 e. The molecule has 9 nitrogen and oxygen atoms in total. The first-order valence-electron chi connectivity index (χ1n) is 11.2. The summed E-state index contributed by atoms with van der Waals surface area (Å²) in [5.74, 6) is -4.49. The maximum atomic E-state index is 10.6. The van der Waals surface area contributed by atoms with E-state index in [4.69, 9.17) is 33.7 Å². The van der Waals surface area contributed by atoms with E-state index < -0.39 is 24.3 Å². The van der Waals surface area contributed by atoms with E-state index in [1.54, 1.807) is 18.7 Å². The maximum Gasteiger partial charge on any atom is 0.490 e. The minimum absolute atomic E-state index is 0.0479. The van der Waals surface area contributed by atoms with Gasteiger partial charge in [-0.3, -0.25) is 9.88 Å². The van der Waals surface area contributed by atoms with Crippen molar-refractivity contribution in [1.82, 2.24) is 9.88 Å². The number of carboxylic acids is 2. The van der Waals surface area contributed by atoms with E-state index in [0.717, 1.165) is 50.2 Å². The number of alkyl halides is 6. The number of furan rings is 1. The molecule has 2 saturated heterocycles. The Morgan fingerprint density at radius 1 is 1.08 bits per heavy atom. The number of rotatable bonds is 5. The minimum atomic E-state index is -5.08. The fourth-order valence-corrected chi connectivity index (χ4v) is 3.84. The number of carboxylic acid groups (broad SMARTS) is 2. The second-order valence-corrected chi connectivity index (χ2v) is 8.49. The van der Waals surface area contributed by atoms with Gasteiger partial charge in [0.1, 0.15) is 5.76 Å². The second kappa shape index (κ2) is 13.6. The standard InChI is InChI=1S/C19H24N2O3.2C2HF3O2/c1-3-17(22-10-1)12-21-9-2-6-19(15-21)11-18(14-24-19)23-13-16-4-7-20-8-5-16;2*3-2(4,5)1(6)7/h1,3-5,7-8,10,18H,2,6,9,11-15H2;2*(H,6,7)/t18-,19-;;/m0../s1. The monoisotopic (exact) mass is 556 g/mol. The van der Waals surface area contributed by atoms with Crippen molar-refractivity contribution in [2.45, 2.75) is 56.5 Å². The van der Waals surface area contributed by atoms with Crippen LogP contribution in [0, 0.1) is 0 Å². The van der Waals surface area contributed by atoms with E-state index >= 15 is 0 Å². The third-order valence-electron chi connectivity index (χ3n) is 5.47. The molecule has 2 aliphatic heterocycles. The second-order valence-electron chi connectivity index (χ2n) is 8.49. The molecule has 1 spiro atoms. The average molecular weight is 556 g/mol. The van der Waals surface area contributed by atoms with Crippen LogP contribution in [0.5, 0.6) is 0 Å². The molecule has 2 aliphatic rings. The van der Waals surface area contributed by atoms with Gasteiger partial charge in [0.15, 0.2) is 0 Å². The first kappa shape index (κ1) is 31.1. The lowest BCUT2D eigenvalue weighted by Crippen LogP contribution is -2.47. The summed E-state index contributed by atoms with van der Waals surface area (Å²) < 4.78 is 81.2. The molecule has 0 unspecified atom stereocenters. The van der Waals surface area contributed by atoms with Gasteiger partial charge in [0.25, 0.3) is 0 Å². The number of nitrogens with zero attached hydrogens (tertiary/aromatic N) is 2. The molecule has 2 fully saturated rings. The molecule has 0 aromatic carbocycles. The Balaban J connectivity index is 0.000000301. The van der Waals surface area contributed by atoms with E-state index in [0.29, 0.717) is 13.2 Å². The molecule has 2 N–H and O–H groups in total. The molecule has 4 rings (SSSR count). The van der Waals surface area contributed by atoms with Gasteiger partial charge in [-0.2, -0.15) is 26.3 Å². The molecular weight excluding hydrogens is 530 g/mol. The third-order valence-corrected chi connectivity index (χ3v) is 5.47. The van der Waals surface area contributed by atoms with Crippen molar-refractivity contribution in [1.29, 1.82) is 0 Å². The van der Waals surface area contributed by atoms with Crippen LogP contribution in [0.4, 0.5) is 26.3 Å². The number of likely N-dealkylation sites (tertiary alicyclic amines) is 1. The molecule has 0 bridgehead atoms. The molecule has 4 heterocycles. The number of ether oxygens (including phenoxy) is 2. The van der Waals surface area contributed by atoms with Gasteiger partial charge in [0.2, 0.25) is 0 Å². The van der Waals surface area contributed by atoms with Crippen molar-refractivity contribution < 1.29 is 60.0 Å². The lowest BCUT2D eigenvalue weighted by Gasteiger charge is -2.39. The molecule has 212 valence electrons. The van der Waals surface area contributed by atoms with E-state index in [1.165, 1.54) is 0 Å². The quantitative estimate of drug-likeness (QED) is 0.520. The predicted octanol–water partition coefficient (Wildman–Crippen LogP) is 4.28. The first-order valence-corrected chi connectivity index (χ1v) is 11.2. The topological polar surface area (TPSA) is 122 Å². The Kier molecular flexibility index (Phi) is 11.1. The van der Waals surface area contributed by atoms with Crippen LogP contribution in [-0.4, -0.2) is 75.8 Å². The van der Waals surface area contributed by atoms with E-state index in [-0.39, 0.29) is 11.7 Å². The summed E-state index contributed by atoms with van der Waals surface area (Å²) in [7, 11) is 0. The highest BCUT2D eigenvalue weighted by atomic mass is 19.4. The fraction of sp³-hybridized carbons (Fsp3) is 0.522. The molecule has 0 aliphatic carbocycles. The van der Waals surface area contributed by atoms with Crippen LogP contribution in [-0.2, 0) is 32.2 Å². The van der Waals surface area contributed by atoms with Gasteiger partial charge in [-0.15, -0.1) is 0 Å². The van der Waals surface area contributed by atoms with Crippen molar-refractivity contribution >= 4 is 11.9 Å². The molecule has 38 heavy (non-hydrogen) atoms. The van der Waals surface area contributed by atoms with E-state index in [2.05, 4.69) is 9.88 Å². The Morgan fingerprint density at radius 3 is 2.21 bits per heavy atom. The molecule has 0 radical (unpaired) electrons. The van der Waals surface area contributed by atoms with Crippen LogP contribution in [0.3, 0.4) is 0 Å². The zero-order chi connectivity index (χ0) is 28.4. The molecular formula is C23H26F6N2O7. The number of aliphatic carboxylic acids is 2. The summed E-state index contributed by atoms with van der Waals surface area (Å²) in [4.78, 5) is 24.3. The lowest BCUT2D eigenvalue weighted by atomic mass is 9.89. The van der Waals surface area contributed by atoms with E-state index in [9.17, 15) is 26.3 Å². The van der Waals surface area contributed by atoms with Gasteiger partial charge < -0.3 is 24.1 Å². The summed E-state index contributed by atoms with van der Waals surface area (Å²) in [6.45, 7) is 4.25. The van der Waals surface area contributed by atoms with Gasteiger partial charge in [0.05, 0.1) is 37.7 Å². The number of pyridine rings is 1. The van der Waals surface area contributed by atoms with Gasteiger partial charge in [-0.1, -0.05) is 0 Å². The van der Waals surface area contributed by atoms with Gasteiger partial charge >= 0.3 is 24.3 Å². The molecule has 0 amide bonds. The van der Waals surface area contributed by atoms with Gasteiger partial charge in [0, 0.05) is 25.4 Å². The van der Waals surface area contributed by atoms with Crippen LogP contribution in [0.2, 0.25) is 0 Å².